The van der Waals surface area contributed by atoms with E-state index in [9.17, 15) is 4.39 Å². The topological polar surface area (TPSA) is 85.2 Å². The van der Waals surface area contributed by atoms with Crippen molar-refractivity contribution < 1.29 is 14.0 Å². The molecule has 1 aromatic carbocycles. The molecule has 0 aliphatic heterocycles. The lowest BCUT2D eigenvalue weighted by Gasteiger charge is -2.00. The Labute approximate surface area is 94.6 Å². The van der Waals surface area contributed by atoms with Gasteiger partial charge in [-0.1, -0.05) is 16.8 Å². The van der Waals surface area contributed by atoms with Crippen molar-refractivity contribution in [1.29, 1.82) is 0 Å². The van der Waals surface area contributed by atoms with E-state index < -0.39 is 11.6 Å². The van der Waals surface area contributed by atoms with Crippen LogP contribution in [0.25, 0.3) is 11.4 Å². The second kappa shape index (κ2) is 4.07. The lowest BCUT2D eigenvalue weighted by atomic mass is 10.2. The molecule has 0 aliphatic rings. The van der Waals surface area contributed by atoms with E-state index in [0.29, 0.717) is 5.56 Å². The summed E-state index contributed by atoms with van der Waals surface area (Å²) in [4.78, 5) is 3.90. The van der Waals surface area contributed by atoms with Crippen molar-refractivity contribution in [3.63, 3.8) is 0 Å². The molecule has 3 N–H and O–H groups in total. The van der Waals surface area contributed by atoms with Crippen LogP contribution in [-0.2, 0) is 6.54 Å². The van der Waals surface area contributed by atoms with Crippen molar-refractivity contribution in [3.8, 4) is 17.1 Å². The molecule has 7 heteroatoms. The number of halogens is 2. The van der Waals surface area contributed by atoms with Crippen LogP contribution in [0.1, 0.15) is 5.89 Å². The van der Waals surface area contributed by atoms with Gasteiger partial charge in [0.1, 0.15) is 0 Å². The summed E-state index contributed by atoms with van der Waals surface area (Å²) >= 11 is 5.61. The van der Waals surface area contributed by atoms with Gasteiger partial charge in [-0.25, -0.2) is 4.39 Å². The summed E-state index contributed by atoms with van der Waals surface area (Å²) in [7, 11) is 0. The van der Waals surface area contributed by atoms with Gasteiger partial charge in [-0.2, -0.15) is 4.98 Å². The molecule has 16 heavy (non-hydrogen) atoms. The van der Waals surface area contributed by atoms with Crippen LogP contribution in [0.4, 0.5) is 4.39 Å². The quantitative estimate of drug-likeness (QED) is 0.838. The average Bonchev–Trinajstić information content (AvgIpc) is 2.73. The molecule has 0 atom stereocenters. The van der Waals surface area contributed by atoms with Gasteiger partial charge in [0.2, 0.25) is 11.7 Å². The average molecular weight is 244 g/mol. The fourth-order valence-electron chi connectivity index (χ4n) is 1.15. The maximum absolute atomic E-state index is 13.2. The van der Waals surface area contributed by atoms with Crippen LogP contribution in [-0.4, -0.2) is 15.2 Å². The minimum Gasteiger partial charge on any atom is -0.504 e. The fourth-order valence-corrected chi connectivity index (χ4v) is 1.36. The zero-order chi connectivity index (χ0) is 11.7. The minimum atomic E-state index is -0.846. The van der Waals surface area contributed by atoms with Gasteiger partial charge in [0.25, 0.3) is 0 Å². The maximum atomic E-state index is 13.2. The minimum absolute atomic E-state index is 0.0985. The molecule has 2 rings (SSSR count). The Hall–Kier alpha value is -1.66. The summed E-state index contributed by atoms with van der Waals surface area (Å²) in [5, 5.41) is 12.6. The van der Waals surface area contributed by atoms with Crippen LogP contribution >= 0.6 is 11.6 Å². The second-order valence-corrected chi connectivity index (χ2v) is 3.41. The van der Waals surface area contributed by atoms with Crippen molar-refractivity contribution in [1.82, 2.24) is 10.1 Å². The number of benzene rings is 1. The molecule has 84 valence electrons. The Balaban J connectivity index is 2.48. The van der Waals surface area contributed by atoms with Crippen LogP contribution in [0, 0.1) is 5.82 Å². The molecule has 5 nitrogen and oxygen atoms in total. The second-order valence-electron chi connectivity index (χ2n) is 3.00. The number of phenolic OH excluding ortho intramolecular Hbond substituents is 1. The van der Waals surface area contributed by atoms with E-state index in [2.05, 4.69) is 10.1 Å². The third-order valence-corrected chi connectivity index (χ3v) is 2.21. The monoisotopic (exact) mass is 243 g/mol. The number of hydrogen-bond acceptors (Lipinski definition) is 5. The molecule has 0 unspecified atom stereocenters. The molecule has 0 fully saturated rings. The maximum Gasteiger partial charge on any atom is 0.240 e. The van der Waals surface area contributed by atoms with Crippen molar-refractivity contribution in [2.75, 3.05) is 0 Å². The van der Waals surface area contributed by atoms with E-state index in [1.165, 1.54) is 6.07 Å². The zero-order valence-electron chi connectivity index (χ0n) is 7.94. The van der Waals surface area contributed by atoms with E-state index in [0.717, 1.165) is 6.07 Å². The highest BCUT2D eigenvalue weighted by atomic mass is 35.5. The fraction of sp³-hybridized carbons (Fsp3) is 0.111. The molecule has 0 aliphatic carbocycles. The molecule has 0 saturated carbocycles. The van der Waals surface area contributed by atoms with Gasteiger partial charge in [0.15, 0.2) is 11.6 Å². The van der Waals surface area contributed by atoms with Gasteiger partial charge in [-0.3, -0.25) is 0 Å². The van der Waals surface area contributed by atoms with E-state index in [4.69, 9.17) is 27.0 Å². The standard InChI is InChI=1S/C9H7ClFN3O2/c10-5-1-4(2-6(11)8(5)15)9-13-7(3-12)16-14-9/h1-2,15H,3,12H2. The van der Waals surface area contributed by atoms with E-state index in [1.54, 1.807) is 0 Å². The number of hydrogen-bond donors (Lipinski definition) is 2. The van der Waals surface area contributed by atoms with Crippen molar-refractivity contribution in [3.05, 3.63) is 28.9 Å². The van der Waals surface area contributed by atoms with Crippen molar-refractivity contribution in [2.45, 2.75) is 6.54 Å². The van der Waals surface area contributed by atoms with Crippen LogP contribution < -0.4 is 5.73 Å². The summed E-state index contributed by atoms with van der Waals surface area (Å²) in [6.45, 7) is 0.0985. The predicted octanol–water partition coefficient (Wildman–Crippen LogP) is 1.69. The molecular formula is C9H7ClFN3O2. The van der Waals surface area contributed by atoms with Gasteiger partial charge < -0.3 is 15.4 Å². The molecule has 1 aromatic heterocycles. The lowest BCUT2D eigenvalue weighted by molar-refractivity contribution is 0.380. The Morgan fingerprint density at radius 1 is 1.50 bits per heavy atom. The third-order valence-electron chi connectivity index (χ3n) is 1.92. The van der Waals surface area contributed by atoms with E-state index >= 15 is 0 Å². The summed E-state index contributed by atoms with van der Waals surface area (Å²) < 4.78 is 17.9. The summed E-state index contributed by atoms with van der Waals surface area (Å²) in [6, 6.07) is 2.40. The Morgan fingerprint density at radius 2 is 2.25 bits per heavy atom. The van der Waals surface area contributed by atoms with E-state index in [-0.39, 0.29) is 23.3 Å². The smallest absolute Gasteiger partial charge is 0.240 e. The number of aromatic hydroxyl groups is 1. The highest BCUT2D eigenvalue weighted by Crippen LogP contribution is 2.31. The van der Waals surface area contributed by atoms with Crippen molar-refractivity contribution in [2.24, 2.45) is 5.73 Å². The first-order valence-electron chi connectivity index (χ1n) is 4.33. The molecule has 1 heterocycles. The normalized spacial score (nSPS) is 10.7. The van der Waals surface area contributed by atoms with Crippen LogP contribution in [0.3, 0.4) is 0 Å². The third kappa shape index (κ3) is 1.84. The summed E-state index contributed by atoms with van der Waals surface area (Å²) in [5.74, 6) is -1.05. The highest BCUT2D eigenvalue weighted by molar-refractivity contribution is 6.32. The number of nitrogens with two attached hydrogens (primary N) is 1. The molecule has 0 saturated heterocycles. The van der Waals surface area contributed by atoms with Gasteiger partial charge in [0.05, 0.1) is 11.6 Å². The Kier molecular flexibility index (Phi) is 2.76. The molecular weight excluding hydrogens is 237 g/mol. The first-order chi connectivity index (χ1) is 7.61. The van der Waals surface area contributed by atoms with E-state index in [1.807, 2.05) is 0 Å². The number of phenols is 1. The number of aromatic nitrogens is 2. The molecule has 0 bridgehead atoms. The lowest BCUT2D eigenvalue weighted by Crippen LogP contribution is -1.95. The Bertz CT molecular complexity index is 506. The van der Waals surface area contributed by atoms with Crippen molar-refractivity contribution >= 4 is 11.6 Å². The van der Waals surface area contributed by atoms with Crippen LogP contribution in [0.2, 0.25) is 5.02 Å². The van der Waals surface area contributed by atoms with Crippen LogP contribution in [0.15, 0.2) is 16.7 Å². The number of nitrogens with zero attached hydrogens (tertiary/aromatic N) is 2. The highest BCUT2D eigenvalue weighted by Gasteiger charge is 2.13. The van der Waals surface area contributed by atoms with Crippen LogP contribution in [0.5, 0.6) is 5.75 Å². The molecule has 0 spiro atoms. The first-order valence-corrected chi connectivity index (χ1v) is 4.70. The largest absolute Gasteiger partial charge is 0.504 e. The van der Waals surface area contributed by atoms with Gasteiger partial charge in [-0.15, -0.1) is 0 Å². The number of rotatable bonds is 2. The predicted molar refractivity (Wildman–Crippen MR) is 54.3 cm³/mol. The van der Waals surface area contributed by atoms with Gasteiger partial charge >= 0.3 is 0 Å². The van der Waals surface area contributed by atoms with Gasteiger partial charge in [0, 0.05) is 5.56 Å². The van der Waals surface area contributed by atoms with Gasteiger partial charge in [-0.05, 0) is 12.1 Å². The zero-order valence-corrected chi connectivity index (χ0v) is 8.70. The summed E-state index contributed by atoms with van der Waals surface area (Å²) in [6.07, 6.45) is 0. The SMILES string of the molecule is NCc1nc(-c2cc(F)c(O)c(Cl)c2)no1. The molecule has 0 amide bonds. The molecule has 0 radical (unpaired) electrons. The first kappa shape index (κ1) is 10.8. The molecule has 2 aromatic rings. The Morgan fingerprint density at radius 3 is 2.81 bits per heavy atom. The summed E-state index contributed by atoms with van der Waals surface area (Å²) in [5.41, 5.74) is 5.60.